The fourth-order valence-electron chi connectivity index (χ4n) is 1.37. The van der Waals surface area contributed by atoms with Crippen molar-refractivity contribution in [2.24, 2.45) is 5.73 Å². The van der Waals surface area contributed by atoms with Gasteiger partial charge in [0.15, 0.2) is 0 Å². The standard InChI is InChI=1S/C10H14FNO2S/c1-15(13,14)7-10(12)6-8-2-4-9(11)5-3-8/h2-5,10H,6-7,12H2,1H3. The summed E-state index contributed by atoms with van der Waals surface area (Å²) in [7, 11) is -3.05. The first kappa shape index (κ1) is 12.1. The Labute approximate surface area is 89.0 Å². The van der Waals surface area contributed by atoms with Gasteiger partial charge in [-0.2, -0.15) is 0 Å². The van der Waals surface area contributed by atoms with E-state index >= 15 is 0 Å². The molecule has 0 saturated carbocycles. The minimum atomic E-state index is -3.05. The summed E-state index contributed by atoms with van der Waals surface area (Å²) in [6.45, 7) is 0. The van der Waals surface area contributed by atoms with Crippen LogP contribution in [0.5, 0.6) is 0 Å². The Morgan fingerprint density at radius 2 is 1.87 bits per heavy atom. The summed E-state index contributed by atoms with van der Waals surface area (Å²) in [4.78, 5) is 0. The lowest BCUT2D eigenvalue weighted by Crippen LogP contribution is -2.31. The Kier molecular flexibility index (Phi) is 3.82. The molecule has 84 valence electrons. The predicted octanol–water partition coefficient (Wildman–Crippen LogP) is 0.740. The minimum absolute atomic E-state index is 0.0512. The van der Waals surface area contributed by atoms with Crippen LogP contribution in [0.15, 0.2) is 24.3 Å². The van der Waals surface area contributed by atoms with Gasteiger partial charge in [0, 0.05) is 12.3 Å². The molecule has 2 N–H and O–H groups in total. The number of halogens is 1. The van der Waals surface area contributed by atoms with Crippen molar-refractivity contribution in [3.05, 3.63) is 35.6 Å². The van der Waals surface area contributed by atoms with Crippen molar-refractivity contribution in [1.29, 1.82) is 0 Å². The summed E-state index contributed by atoms with van der Waals surface area (Å²) in [6, 6.07) is 5.45. The lowest BCUT2D eigenvalue weighted by atomic mass is 10.1. The van der Waals surface area contributed by atoms with E-state index in [1.807, 2.05) is 0 Å². The summed E-state index contributed by atoms with van der Waals surface area (Å²) < 4.78 is 34.5. The van der Waals surface area contributed by atoms with Gasteiger partial charge in [-0.25, -0.2) is 12.8 Å². The van der Waals surface area contributed by atoms with Crippen molar-refractivity contribution in [2.45, 2.75) is 12.5 Å². The van der Waals surface area contributed by atoms with E-state index < -0.39 is 15.9 Å². The van der Waals surface area contributed by atoms with E-state index in [4.69, 9.17) is 5.73 Å². The zero-order chi connectivity index (χ0) is 11.5. The first-order valence-corrected chi connectivity index (χ1v) is 6.60. The first-order chi connectivity index (χ1) is 6.87. The highest BCUT2D eigenvalue weighted by molar-refractivity contribution is 7.90. The van der Waals surface area contributed by atoms with Crippen molar-refractivity contribution >= 4 is 9.84 Å². The molecule has 0 aliphatic rings. The molecule has 1 aromatic rings. The van der Waals surface area contributed by atoms with E-state index in [1.54, 1.807) is 12.1 Å². The van der Waals surface area contributed by atoms with Crippen LogP contribution >= 0.6 is 0 Å². The molecule has 0 saturated heterocycles. The fraction of sp³-hybridized carbons (Fsp3) is 0.400. The third-order valence-corrected chi connectivity index (χ3v) is 2.96. The van der Waals surface area contributed by atoms with E-state index in [2.05, 4.69) is 0 Å². The van der Waals surface area contributed by atoms with Crippen LogP contribution in [0.1, 0.15) is 5.56 Å². The second kappa shape index (κ2) is 4.72. The number of sulfone groups is 1. The monoisotopic (exact) mass is 231 g/mol. The van der Waals surface area contributed by atoms with Gasteiger partial charge in [0.2, 0.25) is 0 Å². The second-order valence-corrected chi connectivity index (χ2v) is 5.87. The molecule has 0 radical (unpaired) electrons. The molecule has 0 fully saturated rings. The van der Waals surface area contributed by atoms with Crippen molar-refractivity contribution in [2.75, 3.05) is 12.0 Å². The topological polar surface area (TPSA) is 60.2 Å². The summed E-state index contributed by atoms with van der Waals surface area (Å²) >= 11 is 0. The molecule has 0 heterocycles. The molecule has 15 heavy (non-hydrogen) atoms. The van der Waals surface area contributed by atoms with Gasteiger partial charge < -0.3 is 5.73 Å². The van der Waals surface area contributed by atoms with Crippen molar-refractivity contribution in [3.8, 4) is 0 Å². The Bertz CT molecular complexity index is 414. The third-order valence-electron chi connectivity index (χ3n) is 1.93. The molecule has 0 aliphatic carbocycles. The third kappa shape index (κ3) is 4.90. The Balaban J connectivity index is 2.59. The molecule has 0 aliphatic heterocycles. The van der Waals surface area contributed by atoms with Crippen molar-refractivity contribution in [3.63, 3.8) is 0 Å². The molecular weight excluding hydrogens is 217 g/mol. The number of benzene rings is 1. The number of rotatable bonds is 4. The lowest BCUT2D eigenvalue weighted by molar-refractivity contribution is 0.591. The molecule has 1 rings (SSSR count). The second-order valence-electron chi connectivity index (χ2n) is 3.68. The van der Waals surface area contributed by atoms with Crippen LogP contribution < -0.4 is 5.73 Å². The van der Waals surface area contributed by atoms with E-state index in [1.165, 1.54) is 12.1 Å². The normalized spacial score (nSPS) is 13.8. The van der Waals surface area contributed by atoms with Crippen molar-refractivity contribution < 1.29 is 12.8 Å². The molecule has 0 amide bonds. The van der Waals surface area contributed by atoms with Gasteiger partial charge in [0.05, 0.1) is 5.75 Å². The summed E-state index contributed by atoms with van der Waals surface area (Å²) in [5.41, 5.74) is 6.50. The molecule has 0 bridgehead atoms. The molecule has 3 nitrogen and oxygen atoms in total. The van der Waals surface area contributed by atoms with Gasteiger partial charge in [-0.3, -0.25) is 0 Å². The highest BCUT2D eigenvalue weighted by atomic mass is 32.2. The lowest BCUT2D eigenvalue weighted by Gasteiger charge is -2.09. The molecule has 0 spiro atoms. The number of hydrogen-bond donors (Lipinski definition) is 1. The highest BCUT2D eigenvalue weighted by Crippen LogP contribution is 2.05. The van der Waals surface area contributed by atoms with Crippen molar-refractivity contribution in [1.82, 2.24) is 0 Å². The molecule has 0 aromatic heterocycles. The van der Waals surface area contributed by atoms with E-state index in [0.29, 0.717) is 6.42 Å². The van der Waals surface area contributed by atoms with Gasteiger partial charge >= 0.3 is 0 Å². The Morgan fingerprint density at radius 1 is 1.33 bits per heavy atom. The number of hydrogen-bond acceptors (Lipinski definition) is 3. The molecular formula is C10H14FNO2S. The smallest absolute Gasteiger partial charge is 0.148 e. The highest BCUT2D eigenvalue weighted by Gasteiger charge is 2.11. The average molecular weight is 231 g/mol. The fourth-order valence-corrected chi connectivity index (χ4v) is 2.27. The minimum Gasteiger partial charge on any atom is -0.326 e. The summed E-state index contributed by atoms with van der Waals surface area (Å²) in [5, 5.41) is 0. The van der Waals surface area contributed by atoms with E-state index in [0.717, 1.165) is 11.8 Å². The van der Waals surface area contributed by atoms with Gasteiger partial charge in [-0.1, -0.05) is 12.1 Å². The Morgan fingerprint density at radius 3 is 2.33 bits per heavy atom. The quantitative estimate of drug-likeness (QED) is 0.831. The predicted molar refractivity (Wildman–Crippen MR) is 57.8 cm³/mol. The largest absolute Gasteiger partial charge is 0.326 e. The van der Waals surface area contributed by atoms with E-state index in [-0.39, 0.29) is 11.6 Å². The van der Waals surface area contributed by atoms with Crippen LogP contribution in [0, 0.1) is 5.82 Å². The van der Waals surface area contributed by atoms with Crippen LogP contribution in [-0.4, -0.2) is 26.5 Å². The zero-order valence-electron chi connectivity index (χ0n) is 8.48. The molecule has 5 heteroatoms. The zero-order valence-corrected chi connectivity index (χ0v) is 9.30. The van der Waals surface area contributed by atoms with Crippen LogP contribution in [0.3, 0.4) is 0 Å². The number of nitrogens with two attached hydrogens (primary N) is 1. The Hall–Kier alpha value is -0.940. The van der Waals surface area contributed by atoms with Gasteiger partial charge in [0.1, 0.15) is 15.7 Å². The summed E-state index contributed by atoms with van der Waals surface area (Å²) in [5.74, 6) is -0.361. The van der Waals surface area contributed by atoms with Gasteiger partial charge in [-0.05, 0) is 24.1 Å². The van der Waals surface area contributed by atoms with E-state index in [9.17, 15) is 12.8 Å². The first-order valence-electron chi connectivity index (χ1n) is 4.54. The van der Waals surface area contributed by atoms with Crippen LogP contribution in [0.4, 0.5) is 4.39 Å². The van der Waals surface area contributed by atoms with Crippen LogP contribution in [0.25, 0.3) is 0 Å². The molecule has 1 aromatic carbocycles. The maximum absolute atomic E-state index is 12.6. The van der Waals surface area contributed by atoms with Crippen LogP contribution in [0.2, 0.25) is 0 Å². The maximum atomic E-state index is 12.6. The van der Waals surface area contributed by atoms with Crippen LogP contribution in [-0.2, 0) is 16.3 Å². The maximum Gasteiger partial charge on any atom is 0.148 e. The van der Waals surface area contributed by atoms with Gasteiger partial charge in [0.25, 0.3) is 0 Å². The average Bonchev–Trinajstić information content (AvgIpc) is 2.05. The summed E-state index contributed by atoms with van der Waals surface area (Å²) in [6.07, 6.45) is 1.59. The molecule has 1 unspecified atom stereocenters. The molecule has 1 atom stereocenters. The SMILES string of the molecule is CS(=O)(=O)CC(N)Cc1ccc(F)cc1. The van der Waals surface area contributed by atoms with Gasteiger partial charge in [-0.15, -0.1) is 0 Å².